The molecule has 1 saturated heterocycles. The Morgan fingerprint density at radius 1 is 1.57 bits per heavy atom. The first-order valence-corrected chi connectivity index (χ1v) is 7.64. The molecular weight excluding hydrogens is 292 g/mol. The summed E-state index contributed by atoms with van der Waals surface area (Å²) in [5, 5.41) is 13.3. The standard InChI is InChI=1S/C13H16N4O3S/c1-13(11(19)20)3-2-4-16(7-13)6-9-5-10(18)17-12(15-9)21-8-14-17/h5,8H,2-4,6-7H2,1H3,(H,19,20). The molecule has 7 nitrogen and oxygen atoms in total. The fraction of sp³-hybridized carbons (Fsp3) is 0.538. The molecule has 0 amide bonds. The second kappa shape index (κ2) is 5.19. The maximum Gasteiger partial charge on any atom is 0.310 e. The van der Waals surface area contributed by atoms with Gasteiger partial charge < -0.3 is 5.11 Å². The van der Waals surface area contributed by atoms with Crippen LogP contribution in [0.3, 0.4) is 0 Å². The molecule has 2 aromatic rings. The summed E-state index contributed by atoms with van der Waals surface area (Å²) in [4.78, 5) is 30.3. The molecule has 0 aromatic carbocycles. The van der Waals surface area contributed by atoms with E-state index in [0.717, 1.165) is 13.0 Å². The fourth-order valence-corrected chi connectivity index (χ4v) is 3.41. The van der Waals surface area contributed by atoms with Crippen LogP contribution in [0.1, 0.15) is 25.5 Å². The number of carbonyl (C=O) groups is 1. The van der Waals surface area contributed by atoms with Crippen molar-refractivity contribution in [2.75, 3.05) is 13.1 Å². The van der Waals surface area contributed by atoms with Gasteiger partial charge >= 0.3 is 5.97 Å². The monoisotopic (exact) mass is 308 g/mol. The third kappa shape index (κ3) is 2.68. The lowest BCUT2D eigenvalue weighted by atomic mass is 9.82. The van der Waals surface area contributed by atoms with Crippen molar-refractivity contribution < 1.29 is 9.90 Å². The molecule has 112 valence electrons. The summed E-state index contributed by atoms with van der Waals surface area (Å²) in [6.07, 6.45) is 1.52. The normalized spacial score (nSPS) is 23.5. The quantitative estimate of drug-likeness (QED) is 0.904. The van der Waals surface area contributed by atoms with Crippen LogP contribution in [0.2, 0.25) is 0 Å². The van der Waals surface area contributed by atoms with E-state index in [4.69, 9.17) is 0 Å². The SMILES string of the molecule is CC1(C(=O)O)CCCN(Cc2cc(=O)n3ncsc3n2)C1. The molecule has 2 aromatic heterocycles. The van der Waals surface area contributed by atoms with Crippen molar-refractivity contribution in [2.45, 2.75) is 26.3 Å². The van der Waals surface area contributed by atoms with Crippen molar-refractivity contribution in [2.24, 2.45) is 5.41 Å². The van der Waals surface area contributed by atoms with Gasteiger partial charge in [-0.05, 0) is 26.3 Å². The van der Waals surface area contributed by atoms with Crippen molar-refractivity contribution in [1.82, 2.24) is 19.5 Å². The van der Waals surface area contributed by atoms with E-state index < -0.39 is 11.4 Å². The van der Waals surface area contributed by atoms with Gasteiger partial charge in [0.15, 0.2) is 0 Å². The highest BCUT2D eigenvalue weighted by atomic mass is 32.1. The third-order valence-electron chi connectivity index (χ3n) is 3.92. The Kier molecular flexibility index (Phi) is 3.50. The molecule has 21 heavy (non-hydrogen) atoms. The first-order chi connectivity index (χ1) is 9.98. The van der Waals surface area contributed by atoms with Crippen molar-refractivity contribution in [3.05, 3.63) is 27.6 Å². The van der Waals surface area contributed by atoms with Gasteiger partial charge in [-0.1, -0.05) is 11.3 Å². The summed E-state index contributed by atoms with van der Waals surface area (Å²) in [6.45, 7) is 3.57. The highest BCUT2D eigenvalue weighted by Crippen LogP contribution is 2.30. The summed E-state index contributed by atoms with van der Waals surface area (Å²) in [5.41, 5.74) is 1.32. The topological polar surface area (TPSA) is 87.8 Å². The minimum Gasteiger partial charge on any atom is -0.481 e. The maximum atomic E-state index is 11.9. The highest BCUT2D eigenvalue weighted by molar-refractivity contribution is 7.14. The van der Waals surface area contributed by atoms with Gasteiger partial charge in [0.25, 0.3) is 5.56 Å². The first kappa shape index (κ1) is 14.2. The van der Waals surface area contributed by atoms with Gasteiger partial charge in [-0.2, -0.15) is 9.61 Å². The molecular formula is C13H16N4O3S. The van der Waals surface area contributed by atoms with E-state index in [9.17, 15) is 14.7 Å². The maximum absolute atomic E-state index is 11.9. The number of carboxylic acids is 1. The lowest BCUT2D eigenvalue weighted by Gasteiger charge is -2.37. The van der Waals surface area contributed by atoms with Crippen molar-refractivity contribution in [3.63, 3.8) is 0 Å². The second-order valence-corrected chi connectivity index (χ2v) is 6.51. The zero-order valence-corrected chi connectivity index (χ0v) is 12.5. The number of rotatable bonds is 3. The molecule has 1 fully saturated rings. The molecule has 1 atom stereocenters. The molecule has 3 rings (SSSR count). The molecule has 8 heteroatoms. The lowest BCUT2D eigenvalue weighted by Crippen LogP contribution is -2.45. The predicted molar refractivity (Wildman–Crippen MR) is 77.4 cm³/mol. The fourth-order valence-electron chi connectivity index (χ4n) is 2.76. The third-order valence-corrected chi connectivity index (χ3v) is 4.59. The Bertz CT molecular complexity index is 740. The molecule has 1 aliphatic heterocycles. The largest absolute Gasteiger partial charge is 0.481 e. The molecule has 0 bridgehead atoms. The minimum atomic E-state index is -0.766. The minimum absolute atomic E-state index is 0.200. The summed E-state index contributed by atoms with van der Waals surface area (Å²) < 4.78 is 1.27. The zero-order chi connectivity index (χ0) is 15.0. The van der Waals surface area contributed by atoms with Crippen LogP contribution in [0.5, 0.6) is 0 Å². The number of hydrogen-bond donors (Lipinski definition) is 1. The van der Waals surface area contributed by atoms with E-state index >= 15 is 0 Å². The first-order valence-electron chi connectivity index (χ1n) is 6.76. The molecule has 3 heterocycles. The Morgan fingerprint density at radius 2 is 2.38 bits per heavy atom. The summed E-state index contributed by atoms with van der Waals surface area (Å²) in [5.74, 6) is -0.766. The van der Waals surface area contributed by atoms with Crippen molar-refractivity contribution in [1.29, 1.82) is 0 Å². The molecule has 1 N–H and O–H groups in total. The van der Waals surface area contributed by atoms with Crippen LogP contribution in [-0.4, -0.2) is 43.7 Å². The summed E-state index contributed by atoms with van der Waals surface area (Å²) in [6, 6.07) is 1.47. The van der Waals surface area contributed by atoms with Gasteiger partial charge in [0.2, 0.25) is 4.96 Å². The Morgan fingerprint density at radius 3 is 3.14 bits per heavy atom. The van der Waals surface area contributed by atoms with Gasteiger partial charge in [0, 0.05) is 19.2 Å². The van der Waals surface area contributed by atoms with Crippen molar-refractivity contribution >= 4 is 22.3 Å². The second-order valence-electron chi connectivity index (χ2n) is 5.70. The van der Waals surface area contributed by atoms with Gasteiger partial charge in [-0.3, -0.25) is 14.5 Å². The smallest absolute Gasteiger partial charge is 0.310 e. The van der Waals surface area contributed by atoms with Gasteiger partial charge in [0.1, 0.15) is 5.51 Å². The van der Waals surface area contributed by atoms with Gasteiger partial charge in [-0.15, -0.1) is 0 Å². The van der Waals surface area contributed by atoms with E-state index in [2.05, 4.69) is 15.0 Å². The average Bonchev–Trinajstić information content (AvgIpc) is 2.87. The predicted octanol–water partition coefficient (Wildman–Crippen LogP) is 0.838. The number of hydrogen-bond acceptors (Lipinski definition) is 6. The van der Waals surface area contributed by atoms with E-state index in [1.54, 1.807) is 12.4 Å². The van der Waals surface area contributed by atoms with E-state index in [-0.39, 0.29) is 5.56 Å². The number of piperidine rings is 1. The molecule has 1 unspecified atom stereocenters. The van der Waals surface area contributed by atoms with E-state index in [0.29, 0.717) is 30.2 Å². The molecule has 0 spiro atoms. The van der Waals surface area contributed by atoms with Crippen LogP contribution in [-0.2, 0) is 11.3 Å². The van der Waals surface area contributed by atoms with Gasteiger partial charge in [0.05, 0.1) is 11.1 Å². The number of nitrogens with zero attached hydrogens (tertiary/aromatic N) is 4. The summed E-state index contributed by atoms with van der Waals surface area (Å²) in [7, 11) is 0. The van der Waals surface area contributed by atoms with E-state index in [1.807, 2.05) is 0 Å². The van der Waals surface area contributed by atoms with E-state index in [1.165, 1.54) is 21.9 Å². The van der Waals surface area contributed by atoms with Crippen LogP contribution in [0.15, 0.2) is 16.4 Å². The van der Waals surface area contributed by atoms with Crippen LogP contribution >= 0.6 is 11.3 Å². The molecule has 1 aliphatic rings. The number of likely N-dealkylation sites (tertiary alicyclic amines) is 1. The number of aromatic nitrogens is 3. The highest BCUT2D eigenvalue weighted by Gasteiger charge is 2.37. The number of carboxylic acid groups (broad SMARTS) is 1. The Hall–Kier alpha value is -1.80. The number of fused-ring (bicyclic) bond motifs is 1. The van der Waals surface area contributed by atoms with Crippen LogP contribution < -0.4 is 5.56 Å². The molecule has 0 saturated carbocycles. The zero-order valence-electron chi connectivity index (χ0n) is 11.7. The van der Waals surface area contributed by atoms with Gasteiger partial charge in [-0.25, -0.2) is 4.98 Å². The Labute approximate surface area is 124 Å². The molecule has 0 aliphatic carbocycles. The number of aliphatic carboxylic acids is 1. The summed E-state index contributed by atoms with van der Waals surface area (Å²) >= 11 is 1.31. The van der Waals surface area contributed by atoms with Crippen molar-refractivity contribution in [3.8, 4) is 0 Å². The van der Waals surface area contributed by atoms with Crippen LogP contribution in [0, 0.1) is 5.41 Å². The Balaban J connectivity index is 1.81. The van der Waals surface area contributed by atoms with Crippen LogP contribution in [0.25, 0.3) is 4.96 Å². The lowest BCUT2D eigenvalue weighted by molar-refractivity contribution is -0.151. The average molecular weight is 308 g/mol. The molecule has 0 radical (unpaired) electrons. The van der Waals surface area contributed by atoms with Crippen LogP contribution in [0.4, 0.5) is 0 Å².